The van der Waals surface area contributed by atoms with Crippen molar-refractivity contribution < 1.29 is 4.52 Å². The molecule has 4 heteroatoms. The Balaban J connectivity index is 2.11. The zero-order chi connectivity index (χ0) is 11.7. The normalized spacial score (nSPS) is 10.9. The maximum absolute atomic E-state index is 5.17. The molecule has 0 unspecified atom stereocenters. The third-order valence-corrected chi connectivity index (χ3v) is 3.14. The van der Waals surface area contributed by atoms with Crippen LogP contribution in [-0.4, -0.2) is 10.1 Å². The molecule has 3 rings (SSSR count). The average molecular weight is 289 g/mol. The number of hydrogen-bond acceptors (Lipinski definition) is 3. The summed E-state index contributed by atoms with van der Waals surface area (Å²) < 4.78 is 5.17. The molecule has 0 radical (unpaired) electrons. The van der Waals surface area contributed by atoms with Crippen LogP contribution in [0, 0.1) is 0 Å². The number of fused-ring (bicyclic) bond motifs is 1. The lowest BCUT2D eigenvalue weighted by atomic mass is 10.1. The van der Waals surface area contributed by atoms with E-state index in [1.165, 1.54) is 0 Å². The second kappa shape index (κ2) is 4.30. The van der Waals surface area contributed by atoms with Crippen LogP contribution in [0.2, 0.25) is 0 Å². The molecular weight excluding hydrogens is 280 g/mol. The Kier molecular flexibility index (Phi) is 2.65. The molecule has 0 saturated heterocycles. The lowest BCUT2D eigenvalue weighted by Gasteiger charge is -1.98. The minimum absolute atomic E-state index is 0.676. The molecule has 0 spiro atoms. The van der Waals surface area contributed by atoms with Gasteiger partial charge in [-0.25, -0.2) is 0 Å². The summed E-state index contributed by atoms with van der Waals surface area (Å²) in [6.07, 6.45) is 1.79. The van der Waals surface area contributed by atoms with E-state index >= 15 is 0 Å². The Bertz CT molecular complexity index is 663. The van der Waals surface area contributed by atoms with Gasteiger partial charge in [0.1, 0.15) is 11.5 Å². The highest BCUT2D eigenvalue weighted by Gasteiger charge is 2.06. The van der Waals surface area contributed by atoms with Gasteiger partial charge in [0.2, 0.25) is 0 Å². The molecule has 0 aliphatic carbocycles. The van der Waals surface area contributed by atoms with E-state index in [0.29, 0.717) is 5.33 Å². The van der Waals surface area contributed by atoms with E-state index in [2.05, 4.69) is 32.1 Å². The van der Waals surface area contributed by atoms with E-state index in [0.717, 1.165) is 27.9 Å². The van der Waals surface area contributed by atoms with Gasteiger partial charge in [-0.2, -0.15) is 0 Å². The van der Waals surface area contributed by atoms with Crippen molar-refractivity contribution in [3.05, 3.63) is 48.4 Å². The largest absolute Gasteiger partial charge is 0.360 e. The number of aromatic nitrogens is 2. The van der Waals surface area contributed by atoms with Gasteiger partial charge in [0.05, 0.1) is 10.8 Å². The van der Waals surface area contributed by atoms with Gasteiger partial charge in [0.15, 0.2) is 0 Å². The lowest BCUT2D eigenvalue weighted by molar-refractivity contribution is 0.398. The van der Waals surface area contributed by atoms with Crippen molar-refractivity contribution in [2.45, 2.75) is 5.33 Å². The molecule has 0 fully saturated rings. The summed E-state index contributed by atoms with van der Waals surface area (Å²) >= 11 is 3.34. The summed E-state index contributed by atoms with van der Waals surface area (Å²) in [5.41, 5.74) is 2.88. The van der Waals surface area contributed by atoms with Crippen LogP contribution in [0.4, 0.5) is 0 Å². The van der Waals surface area contributed by atoms with Crippen molar-refractivity contribution in [2.24, 2.45) is 0 Å². The van der Waals surface area contributed by atoms with Gasteiger partial charge in [0, 0.05) is 23.2 Å². The van der Waals surface area contributed by atoms with Crippen molar-refractivity contribution in [1.82, 2.24) is 10.1 Å². The Morgan fingerprint density at radius 1 is 1.18 bits per heavy atom. The molecule has 0 bridgehead atoms. The van der Waals surface area contributed by atoms with E-state index in [1.54, 1.807) is 6.20 Å². The third-order valence-electron chi connectivity index (χ3n) is 2.59. The van der Waals surface area contributed by atoms with E-state index < -0.39 is 0 Å². The number of hydrogen-bond donors (Lipinski definition) is 0. The third kappa shape index (κ3) is 1.96. The Morgan fingerprint density at radius 3 is 2.94 bits per heavy atom. The van der Waals surface area contributed by atoms with Crippen LogP contribution < -0.4 is 0 Å². The fourth-order valence-electron chi connectivity index (χ4n) is 1.75. The molecule has 0 aliphatic rings. The minimum Gasteiger partial charge on any atom is -0.360 e. The van der Waals surface area contributed by atoms with Crippen molar-refractivity contribution >= 4 is 26.8 Å². The molecule has 2 heterocycles. The highest BCUT2D eigenvalue weighted by Crippen LogP contribution is 2.23. The van der Waals surface area contributed by atoms with E-state index in [1.807, 2.05) is 30.3 Å². The zero-order valence-electron chi connectivity index (χ0n) is 8.93. The van der Waals surface area contributed by atoms with Gasteiger partial charge in [-0.15, -0.1) is 0 Å². The number of pyridine rings is 1. The van der Waals surface area contributed by atoms with Crippen molar-refractivity contribution in [3.8, 4) is 11.3 Å². The first-order valence-electron chi connectivity index (χ1n) is 5.23. The molecule has 3 nitrogen and oxygen atoms in total. The van der Waals surface area contributed by atoms with Gasteiger partial charge in [-0.3, -0.25) is 4.98 Å². The van der Waals surface area contributed by atoms with Crippen LogP contribution in [0.3, 0.4) is 0 Å². The Labute approximate surface area is 107 Å². The summed E-state index contributed by atoms with van der Waals surface area (Å²) in [6.45, 7) is 0. The van der Waals surface area contributed by atoms with Gasteiger partial charge < -0.3 is 4.52 Å². The molecular formula is C13H9BrN2O. The maximum atomic E-state index is 5.17. The number of halogens is 1. The second-order valence-corrected chi connectivity index (χ2v) is 4.28. The summed E-state index contributed by atoms with van der Waals surface area (Å²) in [5.74, 6) is 0.825. The SMILES string of the molecule is BrCc1cc(-c2ccc3ncccc3c2)no1. The molecule has 0 aliphatic heterocycles. The monoisotopic (exact) mass is 288 g/mol. The van der Waals surface area contributed by atoms with E-state index in [-0.39, 0.29) is 0 Å². The molecule has 17 heavy (non-hydrogen) atoms. The van der Waals surface area contributed by atoms with Crippen LogP contribution in [0.15, 0.2) is 47.1 Å². The van der Waals surface area contributed by atoms with Crippen LogP contribution in [0.1, 0.15) is 5.76 Å². The molecule has 84 valence electrons. The number of benzene rings is 1. The van der Waals surface area contributed by atoms with Gasteiger partial charge in [-0.1, -0.05) is 33.2 Å². The van der Waals surface area contributed by atoms with E-state index in [9.17, 15) is 0 Å². The second-order valence-electron chi connectivity index (χ2n) is 3.72. The highest BCUT2D eigenvalue weighted by atomic mass is 79.9. The van der Waals surface area contributed by atoms with Crippen LogP contribution in [0.25, 0.3) is 22.2 Å². The smallest absolute Gasteiger partial charge is 0.147 e. The summed E-state index contributed by atoms with van der Waals surface area (Å²) in [5, 5.41) is 5.82. The first-order valence-corrected chi connectivity index (χ1v) is 6.36. The maximum Gasteiger partial charge on any atom is 0.147 e. The van der Waals surface area contributed by atoms with Crippen LogP contribution >= 0.6 is 15.9 Å². The molecule has 0 N–H and O–H groups in total. The van der Waals surface area contributed by atoms with Crippen molar-refractivity contribution in [1.29, 1.82) is 0 Å². The highest BCUT2D eigenvalue weighted by molar-refractivity contribution is 9.08. The first-order chi connectivity index (χ1) is 8.36. The summed E-state index contributed by atoms with van der Waals surface area (Å²) in [4.78, 5) is 4.29. The molecule has 3 aromatic rings. The van der Waals surface area contributed by atoms with Crippen LogP contribution in [0.5, 0.6) is 0 Å². The molecule has 2 aromatic heterocycles. The number of alkyl halides is 1. The summed E-state index contributed by atoms with van der Waals surface area (Å²) in [6, 6.07) is 12.0. The number of rotatable bonds is 2. The Hall–Kier alpha value is -1.68. The fraction of sp³-hybridized carbons (Fsp3) is 0.0769. The molecule has 0 atom stereocenters. The standard InChI is InChI=1S/C13H9BrN2O/c14-8-11-7-13(16-17-11)10-3-4-12-9(6-10)2-1-5-15-12/h1-7H,8H2. The molecule has 0 amide bonds. The molecule has 1 aromatic carbocycles. The average Bonchev–Trinajstić information content (AvgIpc) is 2.87. The van der Waals surface area contributed by atoms with Gasteiger partial charge in [0.25, 0.3) is 0 Å². The lowest BCUT2D eigenvalue weighted by Crippen LogP contribution is -1.80. The minimum atomic E-state index is 0.676. The molecule has 0 saturated carbocycles. The number of nitrogens with zero attached hydrogens (tertiary/aromatic N) is 2. The topological polar surface area (TPSA) is 38.9 Å². The van der Waals surface area contributed by atoms with Gasteiger partial charge in [-0.05, 0) is 18.2 Å². The van der Waals surface area contributed by atoms with Crippen LogP contribution in [-0.2, 0) is 5.33 Å². The van der Waals surface area contributed by atoms with Crippen molar-refractivity contribution in [2.75, 3.05) is 0 Å². The van der Waals surface area contributed by atoms with E-state index in [4.69, 9.17) is 4.52 Å². The zero-order valence-corrected chi connectivity index (χ0v) is 10.5. The summed E-state index contributed by atoms with van der Waals surface area (Å²) in [7, 11) is 0. The predicted octanol–water partition coefficient (Wildman–Crippen LogP) is 3.78. The van der Waals surface area contributed by atoms with Gasteiger partial charge >= 0.3 is 0 Å². The quantitative estimate of drug-likeness (QED) is 0.674. The first kappa shape index (κ1) is 10.5. The fourth-order valence-corrected chi connectivity index (χ4v) is 2.01. The van der Waals surface area contributed by atoms with Crippen molar-refractivity contribution in [3.63, 3.8) is 0 Å². The Morgan fingerprint density at radius 2 is 2.12 bits per heavy atom. The predicted molar refractivity (Wildman–Crippen MR) is 69.9 cm³/mol.